The molecule has 4 heteroatoms. The first kappa shape index (κ1) is 16.8. The Bertz CT molecular complexity index is 542. The molecule has 1 aromatic carbocycles. The second-order valence-electron chi connectivity index (χ2n) is 6.54. The maximum atomic E-state index is 12.3. The molecule has 0 radical (unpaired) electrons. The van der Waals surface area contributed by atoms with E-state index in [9.17, 15) is 4.79 Å². The van der Waals surface area contributed by atoms with Crippen LogP contribution in [0.15, 0.2) is 12.1 Å². The highest BCUT2D eigenvalue weighted by atomic mass is 16.5. The Hall–Kier alpha value is -1.55. The minimum Gasteiger partial charge on any atom is -0.493 e. The molecule has 0 spiro atoms. The average molecular weight is 304 g/mol. The summed E-state index contributed by atoms with van der Waals surface area (Å²) in [5, 5.41) is 0. The Morgan fingerprint density at radius 3 is 2.73 bits per heavy atom. The Labute approximate surface area is 133 Å². The van der Waals surface area contributed by atoms with Crippen LogP contribution in [0.4, 0.5) is 0 Å². The van der Waals surface area contributed by atoms with Crippen LogP contribution in [0.1, 0.15) is 36.5 Å². The van der Waals surface area contributed by atoms with Gasteiger partial charge in [-0.2, -0.15) is 0 Å². The van der Waals surface area contributed by atoms with Gasteiger partial charge in [-0.3, -0.25) is 4.79 Å². The fourth-order valence-electron chi connectivity index (χ4n) is 3.20. The van der Waals surface area contributed by atoms with Gasteiger partial charge >= 0.3 is 0 Å². The van der Waals surface area contributed by atoms with Crippen LogP contribution in [0.25, 0.3) is 0 Å². The Morgan fingerprint density at radius 1 is 1.36 bits per heavy atom. The van der Waals surface area contributed by atoms with Crippen molar-refractivity contribution in [1.29, 1.82) is 0 Å². The zero-order valence-corrected chi connectivity index (χ0v) is 14.2. The summed E-state index contributed by atoms with van der Waals surface area (Å²) in [6, 6.07) is 4.48. The van der Waals surface area contributed by atoms with E-state index in [-0.39, 0.29) is 5.91 Å². The van der Waals surface area contributed by atoms with Crippen LogP contribution in [-0.2, 0) is 4.79 Å². The number of hydrogen-bond donors (Lipinski definition) is 1. The quantitative estimate of drug-likeness (QED) is 0.909. The van der Waals surface area contributed by atoms with Crippen LogP contribution >= 0.6 is 0 Å². The molecule has 1 aromatic rings. The lowest BCUT2D eigenvalue weighted by molar-refractivity contribution is -0.132. The molecule has 2 atom stereocenters. The van der Waals surface area contributed by atoms with E-state index in [2.05, 4.69) is 33.8 Å². The lowest BCUT2D eigenvalue weighted by Gasteiger charge is -2.21. The van der Waals surface area contributed by atoms with Gasteiger partial charge in [-0.15, -0.1) is 0 Å². The molecule has 2 rings (SSSR count). The van der Waals surface area contributed by atoms with Crippen molar-refractivity contribution in [2.75, 3.05) is 19.7 Å². The van der Waals surface area contributed by atoms with Crippen molar-refractivity contribution < 1.29 is 9.53 Å². The third-order valence-electron chi connectivity index (χ3n) is 4.65. The molecule has 122 valence electrons. The van der Waals surface area contributed by atoms with Gasteiger partial charge in [0.2, 0.25) is 5.91 Å². The topological polar surface area (TPSA) is 55.6 Å². The second-order valence-corrected chi connectivity index (χ2v) is 6.54. The summed E-state index contributed by atoms with van der Waals surface area (Å²) in [7, 11) is 0. The van der Waals surface area contributed by atoms with Crippen LogP contribution in [0, 0.1) is 26.7 Å². The van der Waals surface area contributed by atoms with E-state index in [4.69, 9.17) is 10.5 Å². The highest BCUT2D eigenvalue weighted by Crippen LogP contribution is 2.25. The zero-order chi connectivity index (χ0) is 16.3. The van der Waals surface area contributed by atoms with E-state index in [1.54, 1.807) is 0 Å². The molecule has 1 saturated heterocycles. The van der Waals surface area contributed by atoms with Crippen LogP contribution < -0.4 is 10.5 Å². The zero-order valence-electron chi connectivity index (χ0n) is 14.2. The van der Waals surface area contributed by atoms with Crippen molar-refractivity contribution in [3.05, 3.63) is 28.8 Å². The summed E-state index contributed by atoms with van der Waals surface area (Å²) < 4.78 is 5.84. The maximum absolute atomic E-state index is 12.3. The largest absolute Gasteiger partial charge is 0.493 e. The van der Waals surface area contributed by atoms with E-state index < -0.39 is 0 Å². The molecule has 0 bridgehead atoms. The van der Waals surface area contributed by atoms with Crippen LogP contribution in [0.5, 0.6) is 5.75 Å². The summed E-state index contributed by atoms with van der Waals surface area (Å²) in [6.07, 6.45) is 1.44. The first-order valence-corrected chi connectivity index (χ1v) is 8.12. The monoisotopic (exact) mass is 304 g/mol. The van der Waals surface area contributed by atoms with Crippen molar-refractivity contribution in [2.24, 2.45) is 11.7 Å². The smallest absolute Gasteiger partial charge is 0.226 e. The highest BCUT2D eigenvalue weighted by molar-refractivity contribution is 5.77. The van der Waals surface area contributed by atoms with Crippen molar-refractivity contribution in [1.82, 2.24) is 4.90 Å². The molecule has 0 aliphatic carbocycles. The Balaban J connectivity index is 1.88. The third-order valence-corrected chi connectivity index (χ3v) is 4.65. The van der Waals surface area contributed by atoms with Gasteiger partial charge in [0.05, 0.1) is 13.0 Å². The molecule has 4 nitrogen and oxygen atoms in total. The summed E-state index contributed by atoms with van der Waals surface area (Å²) in [5.41, 5.74) is 9.27. The van der Waals surface area contributed by atoms with E-state index >= 15 is 0 Å². The van der Waals surface area contributed by atoms with Gasteiger partial charge in [0.1, 0.15) is 5.75 Å². The minimum atomic E-state index is 0.172. The summed E-state index contributed by atoms with van der Waals surface area (Å²) in [6.45, 7) is 10.2. The number of carbonyl (C=O) groups excluding carboxylic acids is 1. The number of aryl methyl sites for hydroxylation is 2. The molecule has 0 saturated carbocycles. The molecule has 1 aliphatic heterocycles. The van der Waals surface area contributed by atoms with Gasteiger partial charge in [0.25, 0.3) is 0 Å². The second kappa shape index (κ2) is 7.14. The average Bonchev–Trinajstić information content (AvgIpc) is 2.85. The van der Waals surface area contributed by atoms with E-state index in [1.807, 2.05) is 11.0 Å². The number of nitrogens with two attached hydrogens (primary N) is 1. The SMILES string of the molecule is Cc1cc(C)c(C)c(OCCC(=O)N2CC(CN)CC2C)c1. The fourth-order valence-corrected chi connectivity index (χ4v) is 3.20. The fraction of sp³-hybridized carbons (Fsp3) is 0.611. The normalized spacial score (nSPS) is 21.2. The number of hydrogen-bond acceptors (Lipinski definition) is 3. The predicted octanol–water partition coefficient (Wildman–Crippen LogP) is 2.58. The van der Waals surface area contributed by atoms with Crippen molar-refractivity contribution in [3.63, 3.8) is 0 Å². The Morgan fingerprint density at radius 2 is 2.09 bits per heavy atom. The number of rotatable bonds is 5. The lowest BCUT2D eigenvalue weighted by atomic mass is 10.1. The molecule has 2 unspecified atom stereocenters. The number of nitrogens with zero attached hydrogens (tertiary/aromatic N) is 1. The van der Waals surface area contributed by atoms with Crippen molar-refractivity contribution in [3.8, 4) is 5.75 Å². The minimum absolute atomic E-state index is 0.172. The molecular weight excluding hydrogens is 276 g/mol. The van der Waals surface area contributed by atoms with Crippen molar-refractivity contribution >= 4 is 5.91 Å². The molecule has 0 aromatic heterocycles. The number of carbonyl (C=O) groups is 1. The van der Waals surface area contributed by atoms with E-state index in [0.717, 1.165) is 24.3 Å². The summed E-state index contributed by atoms with van der Waals surface area (Å²) in [4.78, 5) is 14.3. The maximum Gasteiger partial charge on any atom is 0.226 e. The van der Waals surface area contributed by atoms with Gasteiger partial charge in [-0.05, 0) is 69.3 Å². The van der Waals surface area contributed by atoms with Gasteiger partial charge in [0.15, 0.2) is 0 Å². The molecule has 1 aliphatic rings. The highest BCUT2D eigenvalue weighted by Gasteiger charge is 2.31. The van der Waals surface area contributed by atoms with E-state index in [0.29, 0.717) is 31.5 Å². The molecule has 1 amide bonds. The molecule has 22 heavy (non-hydrogen) atoms. The number of amides is 1. The van der Waals surface area contributed by atoms with Crippen LogP contribution in [0.2, 0.25) is 0 Å². The van der Waals surface area contributed by atoms with Gasteiger partial charge in [0, 0.05) is 12.6 Å². The molecular formula is C18H28N2O2. The number of likely N-dealkylation sites (tertiary alicyclic amines) is 1. The molecule has 1 heterocycles. The van der Waals surface area contributed by atoms with Crippen LogP contribution in [0.3, 0.4) is 0 Å². The number of benzene rings is 1. The first-order chi connectivity index (χ1) is 10.4. The van der Waals surface area contributed by atoms with Gasteiger partial charge in [-0.1, -0.05) is 6.07 Å². The van der Waals surface area contributed by atoms with Gasteiger partial charge < -0.3 is 15.4 Å². The third kappa shape index (κ3) is 3.80. The standard InChI is InChI=1S/C18H28N2O2/c1-12-7-13(2)15(4)17(8-12)22-6-5-18(21)20-11-16(10-19)9-14(20)3/h7-8,14,16H,5-6,9-11,19H2,1-4H3. The lowest BCUT2D eigenvalue weighted by Crippen LogP contribution is -2.35. The predicted molar refractivity (Wildman–Crippen MR) is 89.1 cm³/mol. The first-order valence-electron chi connectivity index (χ1n) is 8.12. The Kier molecular flexibility index (Phi) is 5.46. The van der Waals surface area contributed by atoms with Gasteiger partial charge in [-0.25, -0.2) is 0 Å². The van der Waals surface area contributed by atoms with Crippen LogP contribution in [-0.4, -0.2) is 36.5 Å². The number of ether oxygens (including phenoxy) is 1. The molecule has 2 N–H and O–H groups in total. The molecule has 1 fully saturated rings. The van der Waals surface area contributed by atoms with E-state index in [1.165, 1.54) is 11.1 Å². The summed E-state index contributed by atoms with van der Waals surface area (Å²) >= 11 is 0. The van der Waals surface area contributed by atoms with Crippen molar-refractivity contribution in [2.45, 2.75) is 46.6 Å². The summed E-state index contributed by atoms with van der Waals surface area (Å²) in [5.74, 6) is 1.51.